The predicted octanol–water partition coefficient (Wildman–Crippen LogP) is 4.73. The minimum atomic E-state index is -4.58. The Morgan fingerprint density at radius 3 is 0.562 bits per heavy atom. The Bertz CT molecular complexity index is 1010. The van der Waals surface area contributed by atoms with Gasteiger partial charge in [-0.3, -0.25) is 0 Å². The summed E-state index contributed by atoms with van der Waals surface area (Å²) in [6, 6.07) is 56.1. The number of hydrogen-bond donors (Lipinski definition) is 0. The second-order valence-electron chi connectivity index (χ2n) is 8.08. The van der Waals surface area contributed by atoms with Crippen molar-refractivity contribution in [3.05, 3.63) is 152 Å². The van der Waals surface area contributed by atoms with E-state index in [0.717, 1.165) is 0 Å². The first-order chi connectivity index (χ1) is 15.4. The van der Waals surface area contributed by atoms with Crippen LogP contribution in [0.4, 0.5) is 0 Å². The Morgan fingerprint density at radius 1 is 0.250 bits per heavy atom. The van der Waals surface area contributed by atoms with Gasteiger partial charge in [0.25, 0.3) is 0 Å². The summed E-state index contributed by atoms with van der Waals surface area (Å²) < 4.78 is 7.15. The Labute approximate surface area is 198 Å². The standard InChI is InChI=1S/5C6H5.ClH.Zr/c5*1-2-4-6-5-3-1;;/h5*1-5H;1H;. The predicted molar refractivity (Wildman–Crippen MR) is 138 cm³/mol. The van der Waals surface area contributed by atoms with Crippen LogP contribution in [0.3, 0.4) is 0 Å². The van der Waals surface area contributed by atoms with Gasteiger partial charge in [0.05, 0.1) is 0 Å². The fourth-order valence-electron chi connectivity index (χ4n) is 5.52. The van der Waals surface area contributed by atoms with E-state index >= 15 is 0 Å². The van der Waals surface area contributed by atoms with E-state index in [1.807, 2.05) is 0 Å². The molecular formula is C30H26ClZr. The van der Waals surface area contributed by atoms with Crippen LogP contribution in [-0.2, 0) is 18.8 Å². The molecule has 0 aliphatic carbocycles. The summed E-state index contributed by atoms with van der Waals surface area (Å²) in [4.78, 5) is 0. The molecule has 0 amide bonds. The van der Waals surface area contributed by atoms with Gasteiger partial charge in [-0.25, -0.2) is 0 Å². The molecule has 2 heteroatoms. The summed E-state index contributed by atoms with van der Waals surface area (Å²) in [5, 5.41) is 0. The van der Waals surface area contributed by atoms with Crippen LogP contribution in [0.2, 0.25) is 0 Å². The molecule has 0 aromatic heterocycles. The molecule has 157 valence electrons. The molecule has 5 aromatic carbocycles. The Balaban J connectivity index is 0.00000245. The van der Waals surface area contributed by atoms with Crippen molar-refractivity contribution in [2.24, 2.45) is 0 Å². The van der Waals surface area contributed by atoms with Crippen molar-refractivity contribution in [3.63, 3.8) is 0 Å². The third kappa shape index (κ3) is 3.15. The summed E-state index contributed by atoms with van der Waals surface area (Å²) in [5.74, 6) is 0. The molecular weight excluding hydrogens is 487 g/mol. The van der Waals surface area contributed by atoms with Crippen LogP contribution in [0.15, 0.2) is 152 Å². The average molecular weight is 513 g/mol. The van der Waals surface area contributed by atoms with Crippen molar-refractivity contribution in [3.8, 4) is 0 Å². The van der Waals surface area contributed by atoms with Crippen molar-refractivity contribution in [2.75, 3.05) is 0 Å². The van der Waals surface area contributed by atoms with Gasteiger partial charge in [-0.1, -0.05) is 0 Å². The third-order valence-electron chi connectivity index (χ3n) is 6.76. The van der Waals surface area contributed by atoms with Crippen molar-refractivity contribution < 1.29 is 18.8 Å². The molecule has 0 saturated heterocycles. The molecule has 0 aliphatic rings. The van der Waals surface area contributed by atoms with Gasteiger partial charge < -0.3 is 0 Å². The molecule has 0 radical (unpaired) electrons. The Kier molecular flexibility index (Phi) is 6.61. The molecule has 0 N–H and O–H groups in total. The van der Waals surface area contributed by atoms with Gasteiger partial charge >= 0.3 is 187 Å². The van der Waals surface area contributed by atoms with Crippen LogP contribution in [0.1, 0.15) is 0 Å². The van der Waals surface area contributed by atoms with Crippen molar-refractivity contribution in [1.82, 2.24) is 0 Å². The van der Waals surface area contributed by atoms with Gasteiger partial charge in [-0.05, 0) is 0 Å². The van der Waals surface area contributed by atoms with Gasteiger partial charge in [0.15, 0.2) is 0 Å². The Morgan fingerprint density at radius 2 is 0.406 bits per heavy atom. The normalized spacial score (nSPS) is 12.2. The van der Waals surface area contributed by atoms with Crippen LogP contribution in [0, 0.1) is 0 Å². The van der Waals surface area contributed by atoms with Crippen LogP contribution < -0.4 is 16.4 Å². The number of benzene rings is 5. The van der Waals surface area contributed by atoms with E-state index in [2.05, 4.69) is 152 Å². The molecule has 0 saturated carbocycles. The minimum absolute atomic E-state index is 0. The maximum absolute atomic E-state index is 4.58. The zero-order valence-electron chi connectivity index (χ0n) is 17.8. The summed E-state index contributed by atoms with van der Waals surface area (Å²) >= 11 is -4.58. The van der Waals surface area contributed by atoms with Gasteiger partial charge in [0.1, 0.15) is 0 Å². The maximum atomic E-state index is 2.35. The van der Waals surface area contributed by atoms with Crippen LogP contribution >= 0.6 is 12.4 Å². The van der Waals surface area contributed by atoms with Crippen LogP contribution in [-0.4, -0.2) is 0 Å². The molecule has 0 spiro atoms. The summed E-state index contributed by atoms with van der Waals surface area (Å²) in [5.41, 5.74) is 0. The number of halogens is 1. The second-order valence-corrected chi connectivity index (χ2v) is 21.3. The molecule has 32 heavy (non-hydrogen) atoms. The first-order valence-corrected chi connectivity index (χ1v) is 16.9. The van der Waals surface area contributed by atoms with Crippen molar-refractivity contribution in [2.45, 2.75) is 0 Å². The van der Waals surface area contributed by atoms with Gasteiger partial charge in [-0.15, -0.1) is 12.4 Å². The van der Waals surface area contributed by atoms with Crippen LogP contribution in [0.25, 0.3) is 0 Å². The molecule has 0 bridgehead atoms. The second kappa shape index (κ2) is 9.41. The summed E-state index contributed by atoms with van der Waals surface area (Å²) in [6.07, 6.45) is 0. The topological polar surface area (TPSA) is 0 Å². The van der Waals surface area contributed by atoms with Crippen molar-refractivity contribution in [1.29, 1.82) is 0 Å². The monoisotopic (exact) mass is 511 g/mol. The van der Waals surface area contributed by atoms with E-state index < -0.39 is 18.8 Å². The third-order valence-corrected chi connectivity index (χ3v) is 25.0. The van der Waals surface area contributed by atoms with E-state index in [-0.39, 0.29) is 12.4 Å². The summed E-state index contributed by atoms with van der Waals surface area (Å²) in [6.45, 7) is 0. The van der Waals surface area contributed by atoms with E-state index in [4.69, 9.17) is 0 Å². The first-order valence-electron chi connectivity index (χ1n) is 10.8. The van der Waals surface area contributed by atoms with Gasteiger partial charge in [0, 0.05) is 0 Å². The zero-order chi connectivity index (χ0) is 21.0. The zero-order valence-corrected chi connectivity index (χ0v) is 21.1. The van der Waals surface area contributed by atoms with E-state index in [1.54, 1.807) is 0 Å². The van der Waals surface area contributed by atoms with E-state index in [9.17, 15) is 0 Å². The van der Waals surface area contributed by atoms with E-state index in [0.29, 0.717) is 0 Å². The molecule has 5 aromatic rings. The quantitative estimate of drug-likeness (QED) is 0.319. The molecule has 0 atom stereocenters. The average Bonchev–Trinajstić information content (AvgIpc) is 2.88. The molecule has 0 fully saturated rings. The Hall–Kier alpha value is -2.73. The number of rotatable bonds is 5. The fraction of sp³-hybridized carbons (Fsp3) is 0. The van der Waals surface area contributed by atoms with Crippen molar-refractivity contribution >= 4 is 28.8 Å². The molecule has 0 heterocycles. The SMILES string of the molecule is Cl.c1cc[c]([Zr]([c]2ccccc2)([c]2ccccc2)([c]2ccccc2)[c]2ccccc2)cc1. The fourth-order valence-corrected chi connectivity index (χ4v) is 24.3. The van der Waals surface area contributed by atoms with E-state index in [1.165, 1.54) is 16.4 Å². The molecule has 0 nitrogen and oxygen atoms in total. The number of hydrogen-bond acceptors (Lipinski definition) is 0. The summed E-state index contributed by atoms with van der Waals surface area (Å²) in [7, 11) is 0. The first kappa shape index (κ1) is 22.5. The molecule has 5 rings (SSSR count). The van der Waals surface area contributed by atoms with Gasteiger partial charge in [0.2, 0.25) is 0 Å². The molecule has 0 unspecified atom stereocenters. The molecule has 0 aliphatic heterocycles. The van der Waals surface area contributed by atoms with Gasteiger partial charge in [-0.2, -0.15) is 0 Å². The van der Waals surface area contributed by atoms with Crippen LogP contribution in [0.5, 0.6) is 0 Å².